The van der Waals surface area contributed by atoms with E-state index in [2.05, 4.69) is 0 Å². The molecular formula is C11H17NO2. The van der Waals surface area contributed by atoms with Gasteiger partial charge in [0.05, 0.1) is 6.26 Å². The number of aryl methyl sites for hydroxylation is 1. The van der Waals surface area contributed by atoms with Gasteiger partial charge in [-0.15, -0.1) is 0 Å². The van der Waals surface area contributed by atoms with Gasteiger partial charge in [-0.1, -0.05) is 0 Å². The van der Waals surface area contributed by atoms with Crippen molar-refractivity contribution in [2.24, 2.45) is 0 Å². The lowest BCUT2D eigenvalue weighted by Gasteiger charge is -2.31. The van der Waals surface area contributed by atoms with Crippen LogP contribution in [0.5, 0.6) is 0 Å². The summed E-state index contributed by atoms with van der Waals surface area (Å²) in [7, 11) is 1.78. The van der Waals surface area contributed by atoms with Crippen LogP contribution in [0.1, 0.15) is 36.9 Å². The van der Waals surface area contributed by atoms with Crippen molar-refractivity contribution in [1.29, 1.82) is 0 Å². The lowest BCUT2D eigenvalue weighted by molar-refractivity contribution is 0.0622. The van der Waals surface area contributed by atoms with E-state index in [1.165, 1.54) is 0 Å². The number of amides is 1. The second-order valence-corrected chi connectivity index (χ2v) is 4.47. The molecule has 1 aromatic heterocycles. The molecule has 0 aromatic carbocycles. The second kappa shape index (κ2) is 3.48. The van der Waals surface area contributed by atoms with Gasteiger partial charge in [0.25, 0.3) is 5.91 Å². The molecule has 1 amide bonds. The van der Waals surface area contributed by atoms with Crippen molar-refractivity contribution in [3.05, 3.63) is 23.7 Å². The van der Waals surface area contributed by atoms with Crippen LogP contribution in [0.15, 0.2) is 16.7 Å². The molecular weight excluding hydrogens is 178 g/mol. The van der Waals surface area contributed by atoms with E-state index in [0.29, 0.717) is 5.76 Å². The molecule has 0 radical (unpaired) electrons. The highest BCUT2D eigenvalue weighted by atomic mass is 16.3. The molecule has 1 heterocycles. The van der Waals surface area contributed by atoms with Gasteiger partial charge in [0, 0.05) is 18.2 Å². The van der Waals surface area contributed by atoms with Crippen molar-refractivity contribution in [1.82, 2.24) is 4.90 Å². The number of carbonyl (C=O) groups excluding carboxylic acids is 1. The molecule has 0 atom stereocenters. The maximum atomic E-state index is 11.9. The first kappa shape index (κ1) is 10.8. The monoisotopic (exact) mass is 195 g/mol. The summed E-state index contributed by atoms with van der Waals surface area (Å²) in [6, 6.07) is 1.80. The summed E-state index contributed by atoms with van der Waals surface area (Å²) in [5.41, 5.74) is 0.696. The van der Waals surface area contributed by atoms with Crippen LogP contribution < -0.4 is 0 Å². The Balaban J connectivity index is 2.92. The molecule has 3 heteroatoms. The van der Waals surface area contributed by atoms with Crippen molar-refractivity contribution in [2.75, 3.05) is 7.05 Å². The third-order valence-electron chi connectivity index (χ3n) is 2.37. The summed E-state index contributed by atoms with van der Waals surface area (Å²) in [6.07, 6.45) is 1.54. The molecule has 0 saturated heterocycles. The maximum Gasteiger partial charge on any atom is 0.290 e. The van der Waals surface area contributed by atoms with Gasteiger partial charge >= 0.3 is 0 Å². The van der Waals surface area contributed by atoms with Gasteiger partial charge in [-0.25, -0.2) is 0 Å². The van der Waals surface area contributed by atoms with Crippen LogP contribution in [0.4, 0.5) is 0 Å². The Kier molecular flexibility index (Phi) is 2.69. The van der Waals surface area contributed by atoms with E-state index in [9.17, 15) is 4.79 Å². The molecule has 0 aliphatic carbocycles. The van der Waals surface area contributed by atoms with Gasteiger partial charge in [-0.05, 0) is 33.8 Å². The Labute approximate surface area is 84.7 Å². The van der Waals surface area contributed by atoms with E-state index < -0.39 is 0 Å². The molecule has 0 fully saturated rings. The summed E-state index contributed by atoms with van der Waals surface area (Å²) in [5.74, 6) is 0.363. The van der Waals surface area contributed by atoms with Crippen molar-refractivity contribution < 1.29 is 9.21 Å². The highest BCUT2D eigenvalue weighted by Crippen LogP contribution is 2.17. The third-order valence-corrected chi connectivity index (χ3v) is 2.37. The van der Waals surface area contributed by atoms with E-state index in [-0.39, 0.29) is 11.4 Å². The smallest absolute Gasteiger partial charge is 0.290 e. The standard InChI is InChI=1S/C11H17NO2/c1-8-6-7-14-9(8)10(13)12(5)11(2,3)4/h6-7H,1-5H3. The van der Waals surface area contributed by atoms with E-state index >= 15 is 0 Å². The first-order chi connectivity index (χ1) is 6.34. The molecule has 0 spiro atoms. The summed E-state index contributed by atoms with van der Waals surface area (Å²) < 4.78 is 5.15. The fourth-order valence-electron chi connectivity index (χ4n) is 1.05. The molecule has 0 aliphatic rings. The molecule has 78 valence electrons. The minimum Gasteiger partial charge on any atom is -0.459 e. The molecule has 0 aliphatic heterocycles. The summed E-state index contributed by atoms with van der Waals surface area (Å²) in [6.45, 7) is 7.84. The van der Waals surface area contributed by atoms with Crippen molar-refractivity contribution in [3.8, 4) is 0 Å². The predicted molar refractivity (Wildman–Crippen MR) is 55.3 cm³/mol. The second-order valence-electron chi connectivity index (χ2n) is 4.47. The minimum absolute atomic E-state index is 0.0694. The molecule has 1 rings (SSSR count). The Morgan fingerprint density at radius 2 is 2.00 bits per heavy atom. The van der Waals surface area contributed by atoms with Crippen LogP contribution >= 0.6 is 0 Å². The lowest BCUT2D eigenvalue weighted by atomic mass is 10.1. The fourth-order valence-corrected chi connectivity index (χ4v) is 1.05. The number of hydrogen-bond acceptors (Lipinski definition) is 2. The fraction of sp³-hybridized carbons (Fsp3) is 0.545. The molecule has 0 N–H and O–H groups in total. The summed E-state index contributed by atoms with van der Waals surface area (Å²) in [5, 5.41) is 0. The zero-order valence-electron chi connectivity index (χ0n) is 9.42. The van der Waals surface area contributed by atoms with Crippen LogP contribution in [0.25, 0.3) is 0 Å². The average molecular weight is 195 g/mol. The topological polar surface area (TPSA) is 33.5 Å². The molecule has 0 unspecified atom stereocenters. The Morgan fingerprint density at radius 3 is 2.36 bits per heavy atom. The van der Waals surface area contributed by atoms with Crippen LogP contribution in [0, 0.1) is 6.92 Å². The van der Waals surface area contributed by atoms with E-state index in [4.69, 9.17) is 4.42 Å². The number of nitrogens with zero attached hydrogens (tertiary/aromatic N) is 1. The van der Waals surface area contributed by atoms with Gasteiger partial charge in [0.2, 0.25) is 0 Å². The third kappa shape index (κ3) is 1.97. The van der Waals surface area contributed by atoms with E-state index in [0.717, 1.165) is 5.56 Å². The van der Waals surface area contributed by atoms with Gasteiger partial charge in [-0.3, -0.25) is 4.79 Å². The first-order valence-corrected chi connectivity index (χ1v) is 4.66. The molecule has 1 aromatic rings. The van der Waals surface area contributed by atoms with Gasteiger partial charge in [-0.2, -0.15) is 0 Å². The van der Waals surface area contributed by atoms with Gasteiger partial charge < -0.3 is 9.32 Å². The first-order valence-electron chi connectivity index (χ1n) is 4.66. The zero-order chi connectivity index (χ0) is 10.9. The Morgan fingerprint density at radius 1 is 1.43 bits per heavy atom. The van der Waals surface area contributed by atoms with Crippen molar-refractivity contribution in [2.45, 2.75) is 33.2 Å². The predicted octanol–water partition coefficient (Wildman–Crippen LogP) is 2.46. The average Bonchev–Trinajstić information content (AvgIpc) is 2.47. The number of furan rings is 1. The highest BCUT2D eigenvalue weighted by molar-refractivity contribution is 5.93. The van der Waals surface area contributed by atoms with Crippen LogP contribution in [-0.4, -0.2) is 23.4 Å². The summed E-state index contributed by atoms with van der Waals surface area (Å²) >= 11 is 0. The van der Waals surface area contributed by atoms with Crippen molar-refractivity contribution >= 4 is 5.91 Å². The number of carbonyl (C=O) groups is 1. The molecule has 0 bridgehead atoms. The minimum atomic E-state index is -0.184. The van der Waals surface area contributed by atoms with Crippen molar-refractivity contribution in [3.63, 3.8) is 0 Å². The Hall–Kier alpha value is -1.25. The quantitative estimate of drug-likeness (QED) is 0.689. The van der Waals surface area contributed by atoms with Crippen LogP contribution in [0.2, 0.25) is 0 Å². The highest BCUT2D eigenvalue weighted by Gasteiger charge is 2.26. The number of hydrogen-bond donors (Lipinski definition) is 0. The van der Waals surface area contributed by atoms with Crippen LogP contribution in [0.3, 0.4) is 0 Å². The maximum absolute atomic E-state index is 11.9. The Bertz CT molecular complexity index is 333. The largest absolute Gasteiger partial charge is 0.459 e. The molecule has 3 nitrogen and oxygen atoms in total. The normalized spacial score (nSPS) is 11.5. The SMILES string of the molecule is Cc1ccoc1C(=O)N(C)C(C)(C)C. The summed E-state index contributed by atoms with van der Waals surface area (Å²) in [4.78, 5) is 13.6. The zero-order valence-corrected chi connectivity index (χ0v) is 9.42. The van der Waals surface area contributed by atoms with Crippen LogP contribution in [-0.2, 0) is 0 Å². The molecule has 14 heavy (non-hydrogen) atoms. The van der Waals surface area contributed by atoms with E-state index in [1.807, 2.05) is 27.7 Å². The lowest BCUT2D eigenvalue weighted by Crippen LogP contribution is -2.42. The van der Waals surface area contributed by atoms with Gasteiger partial charge in [0.15, 0.2) is 5.76 Å². The number of rotatable bonds is 1. The molecule has 0 saturated carbocycles. The van der Waals surface area contributed by atoms with E-state index in [1.54, 1.807) is 24.3 Å². The van der Waals surface area contributed by atoms with Gasteiger partial charge in [0.1, 0.15) is 0 Å².